The summed E-state index contributed by atoms with van der Waals surface area (Å²) in [5, 5.41) is 9.92. The van der Waals surface area contributed by atoms with Gasteiger partial charge in [-0.1, -0.05) is 12.1 Å². The maximum Gasteiger partial charge on any atom is 0.342 e. The van der Waals surface area contributed by atoms with E-state index in [4.69, 9.17) is 9.47 Å². The lowest BCUT2D eigenvalue weighted by atomic mass is 10.1. The molecule has 0 aliphatic rings. The molecule has 5 nitrogen and oxygen atoms in total. The number of phenolic OH excluding ortho intramolecular Hbond substituents is 1. The van der Waals surface area contributed by atoms with Crippen LogP contribution in [0.3, 0.4) is 0 Å². The van der Waals surface area contributed by atoms with E-state index in [1.165, 1.54) is 13.0 Å². The first-order valence-corrected chi connectivity index (χ1v) is 7.70. The number of rotatable bonds is 6. The van der Waals surface area contributed by atoms with E-state index in [-0.39, 0.29) is 17.1 Å². The lowest BCUT2D eigenvalue weighted by Gasteiger charge is -2.14. The van der Waals surface area contributed by atoms with Crippen molar-refractivity contribution in [3.05, 3.63) is 59.2 Å². The van der Waals surface area contributed by atoms with Gasteiger partial charge in [-0.3, -0.25) is 4.79 Å². The number of esters is 1. The zero-order chi connectivity index (χ0) is 17.7. The number of benzene rings is 2. The van der Waals surface area contributed by atoms with E-state index in [1.54, 1.807) is 43.3 Å². The predicted molar refractivity (Wildman–Crippen MR) is 89.7 cm³/mol. The average Bonchev–Trinajstić information content (AvgIpc) is 2.57. The summed E-state index contributed by atoms with van der Waals surface area (Å²) in [5.41, 5.74) is 1.03. The molecule has 2 rings (SSSR count). The minimum absolute atomic E-state index is 0.0429. The molecule has 0 saturated heterocycles. The second-order valence-corrected chi connectivity index (χ2v) is 5.34. The minimum atomic E-state index is -0.963. The molecule has 0 fully saturated rings. The van der Waals surface area contributed by atoms with Crippen LogP contribution in [0.5, 0.6) is 11.5 Å². The summed E-state index contributed by atoms with van der Waals surface area (Å²) in [4.78, 5) is 24.5. The lowest BCUT2D eigenvalue weighted by Crippen LogP contribution is -2.24. The highest BCUT2D eigenvalue weighted by Gasteiger charge is 2.22. The number of ketones is 1. The number of hydrogen-bond acceptors (Lipinski definition) is 5. The number of hydrogen-bond donors (Lipinski definition) is 1. The molecule has 0 amide bonds. The van der Waals surface area contributed by atoms with Crippen molar-refractivity contribution in [3.8, 4) is 11.5 Å². The molecule has 24 heavy (non-hydrogen) atoms. The van der Waals surface area contributed by atoms with Crippen molar-refractivity contribution in [3.63, 3.8) is 0 Å². The summed E-state index contributed by atoms with van der Waals surface area (Å²) < 4.78 is 10.5. The number of aryl methyl sites for hydroxylation is 1. The fourth-order valence-corrected chi connectivity index (χ4v) is 2.22. The molecule has 126 valence electrons. The molecule has 0 spiro atoms. The van der Waals surface area contributed by atoms with Crippen LogP contribution in [0.4, 0.5) is 0 Å². The van der Waals surface area contributed by atoms with E-state index in [2.05, 4.69) is 0 Å². The molecule has 5 heteroatoms. The minimum Gasteiger partial charge on any atom is -0.507 e. The largest absolute Gasteiger partial charge is 0.507 e. The topological polar surface area (TPSA) is 72.8 Å². The summed E-state index contributed by atoms with van der Waals surface area (Å²) in [6, 6.07) is 11.4. The van der Waals surface area contributed by atoms with Crippen molar-refractivity contribution in [1.82, 2.24) is 0 Å². The molecule has 0 saturated carbocycles. The number of carbonyl (C=O) groups excluding carboxylic acids is 2. The van der Waals surface area contributed by atoms with E-state index in [0.717, 1.165) is 0 Å². The van der Waals surface area contributed by atoms with Crippen LogP contribution in [0, 0.1) is 6.92 Å². The second-order valence-electron chi connectivity index (χ2n) is 5.34. The number of carbonyl (C=O) groups is 2. The van der Waals surface area contributed by atoms with Crippen molar-refractivity contribution in [2.75, 3.05) is 6.61 Å². The van der Waals surface area contributed by atoms with Crippen molar-refractivity contribution < 1.29 is 24.2 Å². The standard InChI is InChI=1S/C19H20O5/c1-4-23-15-10-8-14(9-11-15)18(21)13(3)24-19(22)16-7-5-6-12(2)17(16)20/h5-11,13,20H,4H2,1-3H3/t13-/m0/s1. The second kappa shape index (κ2) is 7.64. The highest BCUT2D eigenvalue weighted by atomic mass is 16.5. The molecule has 0 aromatic heterocycles. The molecular formula is C19H20O5. The Bertz CT molecular complexity index is 734. The first-order valence-electron chi connectivity index (χ1n) is 7.70. The molecule has 1 atom stereocenters. The maximum absolute atomic E-state index is 12.4. The summed E-state index contributed by atoms with van der Waals surface area (Å²) in [5.74, 6) is -0.520. The molecule has 0 bridgehead atoms. The molecule has 0 aliphatic heterocycles. The van der Waals surface area contributed by atoms with Crippen LogP contribution in [-0.2, 0) is 4.74 Å². The fraction of sp³-hybridized carbons (Fsp3) is 0.263. The van der Waals surface area contributed by atoms with Crippen LogP contribution < -0.4 is 4.74 Å². The van der Waals surface area contributed by atoms with Crippen LogP contribution in [-0.4, -0.2) is 29.6 Å². The summed E-state index contributed by atoms with van der Waals surface area (Å²) in [6.45, 7) is 5.60. The highest BCUT2D eigenvalue weighted by Crippen LogP contribution is 2.23. The van der Waals surface area contributed by atoms with Gasteiger partial charge >= 0.3 is 5.97 Å². The summed E-state index contributed by atoms with van der Waals surface area (Å²) in [7, 11) is 0. The molecule has 0 unspecified atom stereocenters. The van der Waals surface area contributed by atoms with Gasteiger partial charge < -0.3 is 14.6 Å². The van der Waals surface area contributed by atoms with Crippen LogP contribution in [0.2, 0.25) is 0 Å². The van der Waals surface area contributed by atoms with E-state index >= 15 is 0 Å². The van der Waals surface area contributed by atoms with Gasteiger partial charge in [-0.15, -0.1) is 0 Å². The first-order chi connectivity index (χ1) is 11.4. The van der Waals surface area contributed by atoms with Crippen LogP contribution in [0.1, 0.15) is 40.1 Å². The molecule has 1 N–H and O–H groups in total. The Kier molecular flexibility index (Phi) is 5.58. The lowest BCUT2D eigenvalue weighted by molar-refractivity contribution is 0.0316. The third-order valence-corrected chi connectivity index (χ3v) is 3.56. The number of phenols is 1. The Morgan fingerprint density at radius 3 is 2.42 bits per heavy atom. The van der Waals surface area contributed by atoms with Gasteiger partial charge in [-0.2, -0.15) is 0 Å². The smallest absolute Gasteiger partial charge is 0.342 e. The van der Waals surface area contributed by atoms with Gasteiger partial charge in [0.1, 0.15) is 17.1 Å². The van der Waals surface area contributed by atoms with Crippen molar-refractivity contribution in [2.24, 2.45) is 0 Å². The van der Waals surface area contributed by atoms with Crippen molar-refractivity contribution >= 4 is 11.8 Å². The Labute approximate surface area is 140 Å². The summed E-state index contributed by atoms with van der Waals surface area (Å²) in [6.07, 6.45) is -0.963. The van der Waals surface area contributed by atoms with Crippen LogP contribution in [0.15, 0.2) is 42.5 Å². The van der Waals surface area contributed by atoms with Gasteiger partial charge in [0.25, 0.3) is 0 Å². The van der Waals surface area contributed by atoms with Crippen LogP contribution >= 0.6 is 0 Å². The zero-order valence-corrected chi connectivity index (χ0v) is 13.9. The normalized spacial score (nSPS) is 11.6. The number of aromatic hydroxyl groups is 1. The van der Waals surface area contributed by atoms with Gasteiger partial charge in [0.15, 0.2) is 6.10 Å². The molecule has 0 radical (unpaired) electrons. The van der Waals surface area contributed by atoms with E-state index in [1.807, 2.05) is 6.92 Å². The number of Topliss-reactive ketones (excluding diaryl/α,β-unsaturated/α-hetero) is 1. The molecule has 2 aromatic rings. The number of ether oxygens (including phenoxy) is 2. The highest BCUT2D eigenvalue weighted by molar-refractivity contribution is 6.02. The van der Waals surface area contributed by atoms with Crippen molar-refractivity contribution in [2.45, 2.75) is 26.9 Å². The van der Waals surface area contributed by atoms with E-state index < -0.39 is 12.1 Å². The first kappa shape index (κ1) is 17.5. The van der Waals surface area contributed by atoms with Gasteiger partial charge in [-0.05, 0) is 56.7 Å². The monoisotopic (exact) mass is 328 g/mol. The van der Waals surface area contributed by atoms with E-state index in [0.29, 0.717) is 23.5 Å². The Hall–Kier alpha value is -2.82. The van der Waals surface area contributed by atoms with Gasteiger partial charge in [0.05, 0.1) is 6.61 Å². The Balaban J connectivity index is 2.08. The van der Waals surface area contributed by atoms with E-state index in [9.17, 15) is 14.7 Å². The zero-order valence-electron chi connectivity index (χ0n) is 13.9. The molecule has 0 aliphatic carbocycles. The third kappa shape index (κ3) is 3.93. The SMILES string of the molecule is CCOc1ccc(C(=O)[C@H](C)OC(=O)c2cccc(C)c2O)cc1. The third-order valence-electron chi connectivity index (χ3n) is 3.56. The fourth-order valence-electron chi connectivity index (χ4n) is 2.22. The van der Waals surface area contributed by atoms with Crippen LogP contribution in [0.25, 0.3) is 0 Å². The van der Waals surface area contributed by atoms with Gasteiger partial charge in [-0.25, -0.2) is 4.79 Å². The summed E-state index contributed by atoms with van der Waals surface area (Å²) >= 11 is 0. The van der Waals surface area contributed by atoms with Gasteiger partial charge in [0.2, 0.25) is 5.78 Å². The Morgan fingerprint density at radius 2 is 1.79 bits per heavy atom. The average molecular weight is 328 g/mol. The Morgan fingerprint density at radius 1 is 1.12 bits per heavy atom. The number of para-hydroxylation sites is 1. The molecule has 0 heterocycles. The molecule has 2 aromatic carbocycles. The maximum atomic E-state index is 12.4. The molecular weight excluding hydrogens is 308 g/mol. The quantitative estimate of drug-likeness (QED) is 0.649. The predicted octanol–water partition coefficient (Wildman–Crippen LogP) is 3.53. The van der Waals surface area contributed by atoms with Gasteiger partial charge in [0, 0.05) is 5.56 Å². The van der Waals surface area contributed by atoms with Crippen molar-refractivity contribution in [1.29, 1.82) is 0 Å².